The van der Waals surface area contributed by atoms with Crippen LogP contribution in [-0.2, 0) is 6.18 Å². The van der Waals surface area contributed by atoms with Crippen LogP contribution in [-0.4, -0.2) is 14.2 Å². The summed E-state index contributed by atoms with van der Waals surface area (Å²) in [5, 5.41) is 2.50. The van der Waals surface area contributed by atoms with Crippen molar-refractivity contribution >= 4 is 28.3 Å². The number of halogens is 4. The van der Waals surface area contributed by atoms with Crippen molar-refractivity contribution in [2.45, 2.75) is 6.18 Å². The molecule has 1 N–H and O–H groups in total. The number of alkyl halides is 3. The van der Waals surface area contributed by atoms with Gasteiger partial charge in [-0.25, -0.2) is 0 Å². The average Bonchev–Trinajstić information content (AvgIpc) is 2.15. The van der Waals surface area contributed by atoms with Gasteiger partial charge < -0.3 is 10.1 Å². The lowest BCUT2D eigenvalue weighted by molar-refractivity contribution is -0.137. The van der Waals surface area contributed by atoms with E-state index in [-0.39, 0.29) is 11.4 Å². The molecule has 2 nitrogen and oxygen atoms in total. The largest absolute Gasteiger partial charge is 0.495 e. The molecule has 0 unspecified atom stereocenters. The third-order valence-electron chi connectivity index (χ3n) is 1.84. The molecule has 1 aromatic carbocycles. The van der Waals surface area contributed by atoms with Crippen molar-refractivity contribution in [1.29, 1.82) is 0 Å². The molecule has 84 valence electrons. The third kappa shape index (κ3) is 2.67. The van der Waals surface area contributed by atoms with Crippen LogP contribution < -0.4 is 10.1 Å². The molecule has 0 heterocycles. The monoisotopic (exact) mass is 331 g/mol. The zero-order valence-electron chi connectivity index (χ0n) is 8.07. The fourth-order valence-electron chi connectivity index (χ4n) is 1.22. The van der Waals surface area contributed by atoms with Crippen LogP contribution in [0, 0.1) is 3.57 Å². The fourth-order valence-corrected chi connectivity index (χ4v) is 1.82. The molecule has 0 aliphatic heterocycles. The molecule has 0 atom stereocenters. The Bertz CT molecular complexity index is 365. The van der Waals surface area contributed by atoms with Gasteiger partial charge in [0.1, 0.15) is 5.75 Å². The molecule has 0 radical (unpaired) electrons. The fraction of sp³-hybridized carbons (Fsp3) is 0.333. The second-order valence-electron chi connectivity index (χ2n) is 2.78. The summed E-state index contributed by atoms with van der Waals surface area (Å²) in [4.78, 5) is 0. The van der Waals surface area contributed by atoms with Crippen molar-refractivity contribution < 1.29 is 17.9 Å². The number of nitrogens with one attached hydrogen (secondary N) is 1. The van der Waals surface area contributed by atoms with Crippen LogP contribution in [0.1, 0.15) is 5.56 Å². The molecule has 0 fully saturated rings. The van der Waals surface area contributed by atoms with Gasteiger partial charge in [-0.1, -0.05) is 0 Å². The van der Waals surface area contributed by atoms with Gasteiger partial charge in [-0.2, -0.15) is 13.2 Å². The zero-order chi connectivity index (χ0) is 11.6. The Kier molecular flexibility index (Phi) is 3.69. The minimum absolute atomic E-state index is 0.0367. The Morgan fingerprint density at radius 1 is 1.33 bits per heavy atom. The van der Waals surface area contributed by atoms with Gasteiger partial charge in [0.25, 0.3) is 0 Å². The highest BCUT2D eigenvalue weighted by Gasteiger charge is 2.35. The minimum atomic E-state index is -4.38. The van der Waals surface area contributed by atoms with Crippen LogP contribution in [0.4, 0.5) is 18.9 Å². The molecule has 6 heteroatoms. The lowest BCUT2D eigenvalue weighted by atomic mass is 10.1. The van der Waals surface area contributed by atoms with E-state index in [0.29, 0.717) is 3.57 Å². The van der Waals surface area contributed by atoms with E-state index in [1.165, 1.54) is 14.2 Å². The molecule has 0 aromatic heterocycles. The summed E-state index contributed by atoms with van der Waals surface area (Å²) in [6, 6.07) is 2.62. The number of hydrogen-bond donors (Lipinski definition) is 1. The summed E-state index contributed by atoms with van der Waals surface area (Å²) in [6.45, 7) is 0. The molecule has 15 heavy (non-hydrogen) atoms. The molecule has 0 aliphatic carbocycles. The first kappa shape index (κ1) is 12.4. The molecule has 0 aliphatic rings. The summed E-state index contributed by atoms with van der Waals surface area (Å²) in [7, 11) is 2.77. The summed E-state index contributed by atoms with van der Waals surface area (Å²) in [5.74, 6) is 0.191. The SMILES string of the molecule is CNc1c(OC)cc(I)cc1C(F)(F)F. The van der Waals surface area contributed by atoms with E-state index in [0.717, 1.165) is 6.07 Å². The van der Waals surface area contributed by atoms with E-state index < -0.39 is 11.7 Å². The maximum absolute atomic E-state index is 12.6. The van der Waals surface area contributed by atoms with Gasteiger partial charge in [-0.15, -0.1) is 0 Å². The van der Waals surface area contributed by atoms with Crippen molar-refractivity contribution in [3.63, 3.8) is 0 Å². The van der Waals surface area contributed by atoms with Crippen LogP contribution in [0.5, 0.6) is 5.75 Å². The average molecular weight is 331 g/mol. The van der Waals surface area contributed by atoms with Gasteiger partial charge in [0.15, 0.2) is 0 Å². The second-order valence-corrected chi connectivity index (χ2v) is 4.02. The molecule has 0 spiro atoms. The van der Waals surface area contributed by atoms with E-state index in [1.807, 2.05) is 22.6 Å². The molecular formula is C9H9F3INO. The lowest BCUT2D eigenvalue weighted by Gasteiger charge is -2.16. The highest BCUT2D eigenvalue weighted by atomic mass is 127. The number of methoxy groups -OCH3 is 1. The number of rotatable bonds is 2. The van der Waals surface area contributed by atoms with Gasteiger partial charge in [0, 0.05) is 10.6 Å². The Morgan fingerprint density at radius 2 is 1.93 bits per heavy atom. The highest BCUT2D eigenvalue weighted by molar-refractivity contribution is 14.1. The van der Waals surface area contributed by atoms with Gasteiger partial charge in [-0.3, -0.25) is 0 Å². The van der Waals surface area contributed by atoms with E-state index in [2.05, 4.69) is 5.32 Å². The molecule has 0 bridgehead atoms. The molecule has 1 rings (SSSR count). The van der Waals surface area contributed by atoms with Crippen LogP contribution in [0.15, 0.2) is 12.1 Å². The Hall–Kier alpha value is -0.660. The second kappa shape index (κ2) is 4.46. The molecular weight excluding hydrogens is 322 g/mol. The summed E-state index contributed by atoms with van der Waals surface area (Å²) >= 11 is 1.82. The van der Waals surface area contributed by atoms with Gasteiger partial charge in [-0.05, 0) is 34.7 Å². The number of anilines is 1. The predicted molar refractivity (Wildman–Crippen MR) is 60.3 cm³/mol. The van der Waals surface area contributed by atoms with E-state index >= 15 is 0 Å². The van der Waals surface area contributed by atoms with Crippen LogP contribution in [0.25, 0.3) is 0 Å². The number of hydrogen-bond acceptors (Lipinski definition) is 2. The smallest absolute Gasteiger partial charge is 0.418 e. The van der Waals surface area contributed by atoms with Crippen molar-refractivity contribution in [2.24, 2.45) is 0 Å². The Balaban J connectivity index is 3.42. The van der Waals surface area contributed by atoms with Crippen LogP contribution >= 0.6 is 22.6 Å². The van der Waals surface area contributed by atoms with Gasteiger partial charge in [0.05, 0.1) is 18.4 Å². The van der Waals surface area contributed by atoms with Gasteiger partial charge in [0.2, 0.25) is 0 Å². The van der Waals surface area contributed by atoms with Crippen molar-refractivity contribution in [2.75, 3.05) is 19.5 Å². The van der Waals surface area contributed by atoms with Crippen LogP contribution in [0.2, 0.25) is 0 Å². The van der Waals surface area contributed by atoms with E-state index in [1.54, 1.807) is 6.07 Å². The van der Waals surface area contributed by atoms with Crippen molar-refractivity contribution in [1.82, 2.24) is 0 Å². The predicted octanol–water partition coefficient (Wildman–Crippen LogP) is 3.36. The number of benzene rings is 1. The lowest BCUT2D eigenvalue weighted by Crippen LogP contribution is -2.10. The maximum Gasteiger partial charge on any atom is 0.418 e. The number of ether oxygens (including phenoxy) is 1. The summed E-state index contributed by atoms with van der Waals surface area (Å²) in [6.07, 6.45) is -4.38. The summed E-state index contributed by atoms with van der Waals surface area (Å²) < 4.78 is 43.3. The first-order valence-electron chi connectivity index (χ1n) is 4.02. The highest BCUT2D eigenvalue weighted by Crippen LogP contribution is 2.40. The minimum Gasteiger partial charge on any atom is -0.495 e. The first-order valence-corrected chi connectivity index (χ1v) is 5.10. The maximum atomic E-state index is 12.6. The van der Waals surface area contributed by atoms with Crippen molar-refractivity contribution in [3.8, 4) is 5.75 Å². The molecule has 0 saturated heterocycles. The quantitative estimate of drug-likeness (QED) is 0.839. The Labute approximate surface area is 98.9 Å². The van der Waals surface area contributed by atoms with E-state index in [9.17, 15) is 13.2 Å². The summed E-state index contributed by atoms with van der Waals surface area (Å²) in [5.41, 5.74) is -0.751. The van der Waals surface area contributed by atoms with Crippen molar-refractivity contribution in [3.05, 3.63) is 21.3 Å². The molecule has 0 saturated carbocycles. The normalized spacial score (nSPS) is 11.3. The zero-order valence-corrected chi connectivity index (χ0v) is 10.2. The standard InChI is InChI=1S/C9H9F3INO/c1-14-8-6(9(10,11)12)3-5(13)4-7(8)15-2/h3-4,14H,1-2H3. The molecule has 1 aromatic rings. The Morgan fingerprint density at radius 3 is 2.33 bits per heavy atom. The molecule has 0 amide bonds. The third-order valence-corrected chi connectivity index (χ3v) is 2.47. The van der Waals surface area contributed by atoms with Gasteiger partial charge >= 0.3 is 6.18 Å². The first-order chi connectivity index (χ1) is 6.90. The van der Waals surface area contributed by atoms with E-state index in [4.69, 9.17) is 4.74 Å². The van der Waals surface area contributed by atoms with Crippen LogP contribution in [0.3, 0.4) is 0 Å². The topological polar surface area (TPSA) is 21.3 Å².